The Hall–Kier alpha value is -0.610. The molecule has 2 saturated heterocycles. The van der Waals surface area contributed by atoms with Crippen LogP contribution < -0.4 is 0 Å². The van der Waals surface area contributed by atoms with Crippen molar-refractivity contribution >= 4 is 5.97 Å². The summed E-state index contributed by atoms with van der Waals surface area (Å²) in [5.41, 5.74) is -0.523. The fourth-order valence-electron chi connectivity index (χ4n) is 2.68. The topological polar surface area (TPSA) is 49.8 Å². The Morgan fingerprint density at radius 1 is 1.50 bits per heavy atom. The number of ether oxygens (including phenoxy) is 1. The van der Waals surface area contributed by atoms with E-state index in [0.717, 1.165) is 45.6 Å². The molecule has 0 spiro atoms. The van der Waals surface area contributed by atoms with Gasteiger partial charge in [-0.3, -0.25) is 4.79 Å². The van der Waals surface area contributed by atoms with E-state index in [1.807, 2.05) is 6.92 Å². The highest BCUT2D eigenvalue weighted by molar-refractivity contribution is 5.74. The molecule has 16 heavy (non-hydrogen) atoms. The highest BCUT2D eigenvalue weighted by Crippen LogP contribution is 2.31. The van der Waals surface area contributed by atoms with Crippen molar-refractivity contribution in [2.45, 2.75) is 26.2 Å². The van der Waals surface area contributed by atoms with Gasteiger partial charge in [0, 0.05) is 26.3 Å². The second kappa shape index (κ2) is 4.72. The van der Waals surface area contributed by atoms with Crippen molar-refractivity contribution < 1.29 is 14.6 Å². The molecule has 0 bridgehead atoms. The van der Waals surface area contributed by atoms with E-state index in [0.29, 0.717) is 12.5 Å². The van der Waals surface area contributed by atoms with Crippen molar-refractivity contribution in [2.75, 3.05) is 32.8 Å². The Morgan fingerprint density at radius 2 is 2.19 bits per heavy atom. The summed E-state index contributed by atoms with van der Waals surface area (Å²) in [4.78, 5) is 13.4. The average molecular weight is 227 g/mol. The largest absolute Gasteiger partial charge is 0.481 e. The third-order valence-corrected chi connectivity index (χ3v) is 3.93. The molecule has 2 aliphatic heterocycles. The molecule has 92 valence electrons. The number of carboxylic acid groups (broad SMARTS) is 1. The molecule has 0 aromatic carbocycles. The molecule has 4 heteroatoms. The maximum Gasteiger partial charge on any atom is 0.310 e. The first-order chi connectivity index (χ1) is 7.60. The van der Waals surface area contributed by atoms with Crippen LogP contribution in [-0.4, -0.2) is 48.8 Å². The SMILES string of the molecule is CC1(C(=O)O)CCN(CC2CCOCC2)C1. The molecule has 0 radical (unpaired) electrons. The van der Waals surface area contributed by atoms with E-state index in [2.05, 4.69) is 4.90 Å². The zero-order chi connectivity index (χ0) is 11.6. The Morgan fingerprint density at radius 3 is 2.75 bits per heavy atom. The predicted molar refractivity (Wildman–Crippen MR) is 60.3 cm³/mol. The van der Waals surface area contributed by atoms with Crippen LogP contribution in [-0.2, 0) is 9.53 Å². The van der Waals surface area contributed by atoms with E-state index in [1.54, 1.807) is 0 Å². The molecule has 2 aliphatic rings. The van der Waals surface area contributed by atoms with Crippen LogP contribution in [0.15, 0.2) is 0 Å². The van der Waals surface area contributed by atoms with E-state index >= 15 is 0 Å². The predicted octanol–water partition coefficient (Wildman–Crippen LogP) is 1.21. The summed E-state index contributed by atoms with van der Waals surface area (Å²) in [6.07, 6.45) is 3.03. The second-order valence-electron chi connectivity index (χ2n) is 5.41. The van der Waals surface area contributed by atoms with Crippen LogP contribution in [0.1, 0.15) is 26.2 Å². The molecule has 1 unspecified atom stereocenters. The molecule has 1 atom stereocenters. The Kier molecular flexibility index (Phi) is 3.50. The number of aliphatic carboxylic acids is 1. The van der Waals surface area contributed by atoms with Crippen molar-refractivity contribution in [3.8, 4) is 0 Å². The minimum absolute atomic E-state index is 0.523. The van der Waals surface area contributed by atoms with Gasteiger partial charge in [0.1, 0.15) is 0 Å². The third-order valence-electron chi connectivity index (χ3n) is 3.93. The summed E-state index contributed by atoms with van der Waals surface area (Å²) in [7, 11) is 0. The first kappa shape index (κ1) is 11.9. The Labute approximate surface area is 96.6 Å². The number of nitrogens with zero attached hydrogens (tertiary/aromatic N) is 1. The van der Waals surface area contributed by atoms with E-state index in [-0.39, 0.29) is 0 Å². The molecule has 0 saturated carbocycles. The van der Waals surface area contributed by atoms with Gasteiger partial charge in [-0.1, -0.05) is 0 Å². The molecule has 0 aromatic heterocycles. The number of likely N-dealkylation sites (tertiary alicyclic amines) is 1. The maximum absolute atomic E-state index is 11.1. The standard InChI is InChI=1S/C12H21NO3/c1-12(11(14)15)4-5-13(9-12)8-10-2-6-16-7-3-10/h10H,2-9H2,1H3,(H,14,15). The van der Waals surface area contributed by atoms with E-state index < -0.39 is 11.4 Å². The van der Waals surface area contributed by atoms with Crippen LogP contribution in [0.2, 0.25) is 0 Å². The average Bonchev–Trinajstić information content (AvgIpc) is 2.63. The van der Waals surface area contributed by atoms with Gasteiger partial charge in [-0.05, 0) is 38.6 Å². The van der Waals surface area contributed by atoms with Crippen molar-refractivity contribution in [3.63, 3.8) is 0 Å². The quantitative estimate of drug-likeness (QED) is 0.787. The van der Waals surface area contributed by atoms with Crippen molar-refractivity contribution in [1.82, 2.24) is 4.90 Å². The van der Waals surface area contributed by atoms with Gasteiger partial charge in [0.05, 0.1) is 5.41 Å². The molecular weight excluding hydrogens is 206 g/mol. The van der Waals surface area contributed by atoms with Crippen molar-refractivity contribution in [1.29, 1.82) is 0 Å². The van der Waals surface area contributed by atoms with Crippen LogP contribution in [0, 0.1) is 11.3 Å². The highest BCUT2D eigenvalue weighted by Gasteiger charge is 2.40. The smallest absolute Gasteiger partial charge is 0.310 e. The van der Waals surface area contributed by atoms with Gasteiger partial charge in [0.25, 0.3) is 0 Å². The van der Waals surface area contributed by atoms with Crippen molar-refractivity contribution in [3.05, 3.63) is 0 Å². The minimum atomic E-state index is -0.651. The first-order valence-electron chi connectivity index (χ1n) is 6.14. The summed E-state index contributed by atoms with van der Waals surface area (Å²) in [6.45, 7) is 6.29. The van der Waals surface area contributed by atoms with E-state index in [9.17, 15) is 4.79 Å². The number of hydrogen-bond acceptors (Lipinski definition) is 3. The molecule has 0 aliphatic carbocycles. The molecule has 0 amide bonds. The molecule has 0 aromatic rings. The molecule has 2 rings (SSSR count). The number of carboxylic acids is 1. The Balaban J connectivity index is 1.82. The summed E-state index contributed by atoms with van der Waals surface area (Å²) in [6, 6.07) is 0. The van der Waals surface area contributed by atoms with Crippen LogP contribution in [0.4, 0.5) is 0 Å². The highest BCUT2D eigenvalue weighted by atomic mass is 16.5. The monoisotopic (exact) mass is 227 g/mol. The summed E-state index contributed by atoms with van der Waals surface area (Å²) in [5.74, 6) is 0.0480. The first-order valence-corrected chi connectivity index (χ1v) is 6.14. The van der Waals surface area contributed by atoms with Gasteiger partial charge >= 0.3 is 5.97 Å². The molecule has 2 fully saturated rings. The molecular formula is C12H21NO3. The molecule has 1 N–H and O–H groups in total. The third kappa shape index (κ3) is 2.55. The minimum Gasteiger partial charge on any atom is -0.481 e. The van der Waals surface area contributed by atoms with Gasteiger partial charge in [0.2, 0.25) is 0 Å². The van der Waals surface area contributed by atoms with Gasteiger partial charge in [-0.25, -0.2) is 0 Å². The lowest BCUT2D eigenvalue weighted by Gasteiger charge is -2.27. The van der Waals surface area contributed by atoms with Gasteiger partial charge < -0.3 is 14.7 Å². The lowest BCUT2D eigenvalue weighted by Crippen LogP contribution is -2.35. The van der Waals surface area contributed by atoms with Crippen LogP contribution in [0.5, 0.6) is 0 Å². The number of carbonyl (C=O) groups is 1. The molecule has 2 heterocycles. The fraction of sp³-hybridized carbons (Fsp3) is 0.917. The van der Waals surface area contributed by atoms with E-state index in [1.165, 1.54) is 0 Å². The van der Waals surface area contributed by atoms with Gasteiger partial charge in [-0.15, -0.1) is 0 Å². The number of hydrogen-bond donors (Lipinski definition) is 1. The summed E-state index contributed by atoms with van der Waals surface area (Å²) < 4.78 is 5.33. The zero-order valence-corrected chi connectivity index (χ0v) is 9.95. The molecule has 4 nitrogen and oxygen atoms in total. The van der Waals surface area contributed by atoms with Gasteiger partial charge in [0.15, 0.2) is 0 Å². The normalized spacial score (nSPS) is 33.1. The lowest BCUT2D eigenvalue weighted by molar-refractivity contribution is -0.147. The second-order valence-corrected chi connectivity index (χ2v) is 5.41. The number of rotatable bonds is 3. The van der Waals surface area contributed by atoms with Gasteiger partial charge in [-0.2, -0.15) is 0 Å². The fourth-order valence-corrected chi connectivity index (χ4v) is 2.68. The maximum atomic E-state index is 11.1. The van der Waals surface area contributed by atoms with Crippen LogP contribution >= 0.6 is 0 Å². The summed E-state index contributed by atoms with van der Waals surface area (Å²) >= 11 is 0. The zero-order valence-electron chi connectivity index (χ0n) is 9.95. The Bertz CT molecular complexity index is 263. The van der Waals surface area contributed by atoms with E-state index in [4.69, 9.17) is 9.84 Å². The lowest BCUT2D eigenvalue weighted by atomic mass is 9.90. The van der Waals surface area contributed by atoms with Crippen LogP contribution in [0.25, 0.3) is 0 Å². The van der Waals surface area contributed by atoms with Crippen LogP contribution in [0.3, 0.4) is 0 Å². The van der Waals surface area contributed by atoms with Crippen molar-refractivity contribution in [2.24, 2.45) is 11.3 Å². The summed E-state index contributed by atoms with van der Waals surface area (Å²) in [5, 5.41) is 9.15.